The molecule has 1 aliphatic heterocycles. The Kier molecular flexibility index (Phi) is 3.40. The summed E-state index contributed by atoms with van der Waals surface area (Å²) in [6, 6.07) is 9.22. The molecule has 114 valence electrons. The fourth-order valence-corrected chi connectivity index (χ4v) is 2.10. The fourth-order valence-electron chi connectivity index (χ4n) is 2.10. The van der Waals surface area contributed by atoms with E-state index in [1.807, 2.05) is 0 Å². The van der Waals surface area contributed by atoms with Crippen molar-refractivity contribution in [3.8, 4) is 11.5 Å². The summed E-state index contributed by atoms with van der Waals surface area (Å²) in [4.78, 5) is 12.1. The summed E-state index contributed by atoms with van der Waals surface area (Å²) in [5.74, 6) is 0.113. The van der Waals surface area contributed by atoms with E-state index in [0.29, 0.717) is 17.2 Å². The number of fused-ring (bicyclic) bond motifs is 1. The Balaban J connectivity index is 1.86. The molecule has 7 heteroatoms. The van der Waals surface area contributed by atoms with Gasteiger partial charge in [-0.2, -0.15) is 13.2 Å². The first-order valence-electron chi connectivity index (χ1n) is 6.32. The molecule has 1 amide bonds. The van der Waals surface area contributed by atoms with Crippen LogP contribution in [0.1, 0.15) is 15.9 Å². The maximum atomic E-state index is 12.9. The Bertz CT molecular complexity index is 728. The minimum atomic E-state index is -4.59. The van der Waals surface area contributed by atoms with Crippen molar-refractivity contribution in [3.63, 3.8) is 0 Å². The van der Waals surface area contributed by atoms with Gasteiger partial charge >= 0.3 is 6.18 Å². The van der Waals surface area contributed by atoms with Crippen LogP contribution in [0, 0.1) is 0 Å². The van der Waals surface area contributed by atoms with Crippen molar-refractivity contribution in [3.05, 3.63) is 53.6 Å². The van der Waals surface area contributed by atoms with Crippen LogP contribution in [-0.2, 0) is 6.18 Å². The number of hydrogen-bond acceptors (Lipinski definition) is 3. The number of anilines is 1. The third-order valence-corrected chi connectivity index (χ3v) is 3.11. The number of amides is 1. The van der Waals surface area contributed by atoms with Gasteiger partial charge in [-0.1, -0.05) is 12.1 Å². The predicted molar refractivity (Wildman–Crippen MR) is 72.0 cm³/mol. The maximum absolute atomic E-state index is 12.9. The van der Waals surface area contributed by atoms with Crippen molar-refractivity contribution < 1.29 is 27.4 Å². The smallest absolute Gasteiger partial charge is 0.417 e. The second-order valence-electron chi connectivity index (χ2n) is 4.57. The van der Waals surface area contributed by atoms with Crippen molar-refractivity contribution in [1.29, 1.82) is 0 Å². The summed E-state index contributed by atoms with van der Waals surface area (Å²) in [6.45, 7) is 0.0731. The normalized spacial score (nSPS) is 13.0. The minimum Gasteiger partial charge on any atom is -0.454 e. The molecule has 0 bridgehead atoms. The molecule has 1 aliphatic rings. The predicted octanol–water partition coefficient (Wildman–Crippen LogP) is 3.69. The number of carbonyl (C=O) groups is 1. The molecule has 22 heavy (non-hydrogen) atoms. The molecule has 4 nitrogen and oxygen atoms in total. The van der Waals surface area contributed by atoms with E-state index in [2.05, 4.69) is 5.32 Å². The van der Waals surface area contributed by atoms with Gasteiger partial charge in [0.1, 0.15) is 0 Å². The lowest BCUT2D eigenvalue weighted by Crippen LogP contribution is -2.18. The highest BCUT2D eigenvalue weighted by Crippen LogP contribution is 2.35. The largest absolute Gasteiger partial charge is 0.454 e. The van der Waals surface area contributed by atoms with E-state index in [0.717, 1.165) is 12.1 Å². The topological polar surface area (TPSA) is 47.6 Å². The quantitative estimate of drug-likeness (QED) is 0.920. The van der Waals surface area contributed by atoms with Gasteiger partial charge in [-0.15, -0.1) is 0 Å². The highest BCUT2D eigenvalue weighted by Gasteiger charge is 2.34. The van der Waals surface area contributed by atoms with Crippen LogP contribution in [0.3, 0.4) is 0 Å². The van der Waals surface area contributed by atoms with Gasteiger partial charge in [-0.05, 0) is 24.3 Å². The van der Waals surface area contributed by atoms with Crippen LogP contribution in [0.25, 0.3) is 0 Å². The number of rotatable bonds is 2. The Morgan fingerprint density at radius 3 is 2.55 bits per heavy atom. The molecule has 0 radical (unpaired) electrons. The second-order valence-corrected chi connectivity index (χ2v) is 4.57. The highest BCUT2D eigenvalue weighted by molar-refractivity contribution is 6.05. The van der Waals surface area contributed by atoms with Crippen LogP contribution >= 0.6 is 0 Å². The lowest BCUT2D eigenvalue weighted by atomic mass is 10.1. The van der Waals surface area contributed by atoms with E-state index < -0.39 is 23.2 Å². The minimum absolute atomic E-state index is 0.0731. The van der Waals surface area contributed by atoms with Crippen molar-refractivity contribution in [1.82, 2.24) is 0 Å². The first-order valence-corrected chi connectivity index (χ1v) is 6.32. The monoisotopic (exact) mass is 309 g/mol. The zero-order valence-corrected chi connectivity index (χ0v) is 11.1. The molecule has 0 spiro atoms. The zero-order chi connectivity index (χ0) is 15.7. The van der Waals surface area contributed by atoms with E-state index in [1.54, 1.807) is 6.07 Å². The molecule has 2 aromatic carbocycles. The Hall–Kier alpha value is -2.70. The molecular weight excluding hydrogens is 299 g/mol. The van der Waals surface area contributed by atoms with E-state index in [4.69, 9.17) is 9.47 Å². The van der Waals surface area contributed by atoms with E-state index in [9.17, 15) is 18.0 Å². The average Bonchev–Trinajstić information content (AvgIpc) is 2.94. The molecule has 0 saturated carbocycles. The Labute approximate surface area is 123 Å². The summed E-state index contributed by atoms with van der Waals surface area (Å²) in [5, 5.41) is 2.43. The summed E-state index contributed by atoms with van der Waals surface area (Å²) < 4.78 is 49.0. The second kappa shape index (κ2) is 5.25. The Morgan fingerprint density at radius 1 is 1.05 bits per heavy atom. The molecule has 2 aromatic rings. The van der Waals surface area contributed by atoms with E-state index in [-0.39, 0.29) is 6.79 Å². The number of hydrogen-bond donors (Lipinski definition) is 1. The highest BCUT2D eigenvalue weighted by atomic mass is 19.4. The molecule has 0 aromatic heterocycles. The van der Waals surface area contributed by atoms with Crippen LogP contribution in [0.5, 0.6) is 11.5 Å². The van der Waals surface area contributed by atoms with Gasteiger partial charge in [0.05, 0.1) is 11.1 Å². The summed E-state index contributed by atoms with van der Waals surface area (Å²) in [7, 11) is 0. The van der Waals surface area contributed by atoms with Crippen LogP contribution in [0.2, 0.25) is 0 Å². The van der Waals surface area contributed by atoms with Gasteiger partial charge in [-0.3, -0.25) is 4.79 Å². The third kappa shape index (κ3) is 2.69. The molecule has 0 unspecified atom stereocenters. The van der Waals surface area contributed by atoms with Gasteiger partial charge in [0.25, 0.3) is 5.91 Å². The number of benzene rings is 2. The van der Waals surface area contributed by atoms with Crippen LogP contribution in [0.15, 0.2) is 42.5 Å². The first kappa shape index (κ1) is 14.2. The fraction of sp³-hybridized carbons (Fsp3) is 0.133. The molecule has 0 atom stereocenters. The molecule has 0 fully saturated rings. The zero-order valence-electron chi connectivity index (χ0n) is 11.1. The van der Waals surface area contributed by atoms with Gasteiger partial charge in [-0.25, -0.2) is 0 Å². The molecule has 0 saturated heterocycles. The Morgan fingerprint density at radius 2 is 1.77 bits per heavy atom. The van der Waals surface area contributed by atoms with Gasteiger partial charge in [0.2, 0.25) is 6.79 Å². The van der Waals surface area contributed by atoms with Crippen molar-refractivity contribution >= 4 is 11.6 Å². The van der Waals surface area contributed by atoms with Gasteiger partial charge < -0.3 is 14.8 Å². The molecule has 1 heterocycles. The summed E-state index contributed by atoms with van der Waals surface area (Å²) in [5.41, 5.74) is -1.09. The van der Waals surface area contributed by atoms with Crippen molar-refractivity contribution in [2.24, 2.45) is 0 Å². The average molecular weight is 309 g/mol. The lowest BCUT2D eigenvalue weighted by Gasteiger charge is -2.12. The third-order valence-electron chi connectivity index (χ3n) is 3.11. The lowest BCUT2D eigenvalue weighted by molar-refractivity contribution is -0.137. The number of carbonyl (C=O) groups excluding carboxylic acids is 1. The first-order chi connectivity index (χ1) is 10.4. The van der Waals surface area contributed by atoms with Gasteiger partial charge in [0, 0.05) is 11.8 Å². The van der Waals surface area contributed by atoms with Crippen LogP contribution < -0.4 is 14.8 Å². The van der Waals surface area contributed by atoms with Crippen LogP contribution in [0.4, 0.5) is 18.9 Å². The van der Waals surface area contributed by atoms with Crippen LogP contribution in [-0.4, -0.2) is 12.7 Å². The standard InChI is InChI=1S/C15H10F3NO3/c16-15(17,18)11-4-2-1-3-10(11)14(20)19-9-5-6-12-13(7-9)22-8-21-12/h1-7H,8H2,(H,19,20). The van der Waals surface area contributed by atoms with E-state index in [1.165, 1.54) is 24.3 Å². The molecule has 0 aliphatic carbocycles. The SMILES string of the molecule is O=C(Nc1ccc2c(c1)OCO2)c1ccccc1C(F)(F)F. The molecular formula is C15H10F3NO3. The molecule has 3 rings (SSSR count). The van der Waals surface area contributed by atoms with E-state index >= 15 is 0 Å². The molecule has 1 N–H and O–H groups in total. The number of alkyl halides is 3. The maximum Gasteiger partial charge on any atom is 0.417 e. The summed E-state index contributed by atoms with van der Waals surface area (Å²) in [6.07, 6.45) is -4.59. The van der Waals surface area contributed by atoms with Crippen molar-refractivity contribution in [2.45, 2.75) is 6.18 Å². The number of halogens is 3. The van der Waals surface area contributed by atoms with Crippen molar-refractivity contribution in [2.75, 3.05) is 12.1 Å². The number of nitrogens with one attached hydrogen (secondary N) is 1. The van der Waals surface area contributed by atoms with Gasteiger partial charge in [0.15, 0.2) is 11.5 Å². The summed E-state index contributed by atoms with van der Waals surface area (Å²) >= 11 is 0. The number of ether oxygens (including phenoxy) is 2.